The van der Waals surface area contributed by atoms with Crippen LogP contribution in [0.1, 0.15) is 40.0 Å². The topological polar surface area (TPSA) is 49.0 Å². The average Bonchev–Trinajstić information content (AvgIpc) is 4.17. The number of hydrogen-bond donors (Lipinski definition) is 0. The Morgan fingerprint density at radius 3 is 2.15 bits per heavy atom. The van der Waals surface area contributed by atoms with E-state index in [4.69, 9.17) is 39.4 Å². The molecule has 12 aromatic rings. The fraction of sp³-hybridized carbons (Fsp3) is 0.0690. The molecule has 8 aromatic carbocycles. The summed E-state index contributed by atoms with van der Waals surface area (Å²) in [5.41, 5.74) is 5.15. The van der Waals surface area contributed by atoms with Crippen LogP contribution in [-0.4, -0.2) is 14.1 Å². The number of pyridine rings is 1. The fourth-order valence-corrected chi connectivity index (χ4v) is 8.74. The Hall–Kier alpha value is -7.24. The molecule has 0 amide bonds. The Bertz CT molecular complexity index is 4290. The van der Waals surface area contributed by atoms with Gasteiger partial charge in [-0.1, -0.05) is 135 Å². The molecule has 4 aromatic heterocycles. The number of fused-ring (bicyclic) bond motifs is 7. The van der Waals surface area contributed by atoms with Crippen LogP contribution in [0.3, 0.4) is 0 Å². The minimum absolute atomic E-state index is 0. The molecule has 6 nitrogen and oxygen atoms in total. The molecule has 8 heteroatoms. The SMILES string of the molecule is [2H]c1c([2H])c([2H])c(-c2cccc(-c3c([2H])c([2H])c([2H])c([2H])c3[2H])c2-[n+]2[c-]n(-c3[c-]c(Oc4[c-]c5c(cc4)c4cc(Cl)ccc4n5-c4cc(C(C)(C)C)ccn4)ccc3)c3cc4oc5ccccc5c4cc32)c([2H])c1[2H].[Pt]. The monoisotopic (exact) mass is 1060 g/mol. The molecular formula is C58H39ClN4O2Pt-2. The van der Waals surface area contributed by atoms with E-state index >= 15 is 0 Å². The standard InChI is InChI=1S/C58H39ClN4O2.Pt/c1-58(2,3)39-28-29-60-56(30-39)63-50-27-24-40(59)31-48(50)46-26-25-43(33-51(46)63)64-42-19-12-18-41(32-42)61-36-62(52-34-49-47-20-10-11-23-54(47)65-55(49)35-53(52)61)57-44(37-14-6-4-7-15-37)21-13-22-45(57)38-16-8-5-9-17-38;/h4-31,34-35H,1-3H3;/q-2;/i4D,5D,6D,7D,8D,9D,14D,15D,16D,17D;. The third kappa shape index (κ3) is 7.09. The third-order valence-electron chi connectivity index (χ3n) is 11.6. The first-order valence-corrected chi connectivity index (χ1v) is 21.2. The van der Waals surface area contributed by atoms with Gasteiger partial charge in [0.05, 0.1) is 30.4 Å². The smallest absolute Gasteiger partial charge is 0.268 e. The molecule has 322 valence electrons. The number of hydrogen-bond acceptors (Lipinski definition) is 3. The molecule has 0 unspecified atom stereocenters. The van der Waals surface area contributed by atoms with Gasteiger partial charge in [0.15, 0.2) is 0 Å². The molecule has 0 N–H and O–H groups in total. The van der Waals surface area contributed by atoms with E-state index in [0.717, 1.165) is 32.6 Å². The summed E-state index contributed by atoms with van der Waals surface area (Å²) in [7, 11) is 0. The van der Waals surface area contributed by atoms with Crippen LogP contribution in [0.15, 0.2) is 186 Å². The van der Waals surface area contributed by atoms with Crippen LogP contribution in [0.5, 0.6) is 11.5 Å². The Balaban J connectivity index is 0.00000616. The van der Waals surface area contributed by atoms with E-state index in [-0.39, 0.29) is 54.4 Å². The first-order valence-electron chi connectivity index (χ1n) is 25.8. The van der Waals surface area contributed by atoms with E-state index in [1.54, 1.807) is 51.7 Å². The molecule has 12 rings (SSSR count). The Kier molecular flexibility index (Phi) is 7.82. The third-order valence-corrected chi connectivity index (χ3v) is 11.9. The number of rotatable bonds is 7. The van der Waals surface area contributed by atoms with E-state index in [0.29, 0.717) is 55.7 Å². The molecule has 0 bridgehead atoms. The summed E-state index contributed by atoms with van der Waals surface area (Å²) in [6.07, 6.45) is 5.26. The zero-order valence-electron chi connectivity index (χ0n) is 45.3. The zero-order valence-corrected chi connectivity index (χ0v) is 38.4. The van der Waals surface area contributed by atoms with Crippen LogP contribution in [-0.2, 0) is 26.5 Å². The van der Waals surface area contributed by atoms with Crippen molar-refractivity contribution in [1.82, 2.24) is 14.1 Å². The van der Waals surface area contributed by atoms with Gasteiger partial charge in [-0.05, 0) is 92.8 Å². The summed E-state index contributed by atoms with van der Waals surface area (Å²) >= 11 is 6.57. The second kappa shape index (κ2) is 16.3. The molecule has 0 aliphatic rings. The van der Waals surface area contributed by atoms with Crippen molar-refractivity contribution in [1.29, 1.82) is 0 Å². The largest absolute Gasteiger partial charge is 0.510 e. The Labute approximate surface area is 415 Å². The second-order valence-electron chi connectivity index (χ2n) is 16.6. The molecule has 4 heterocycles. The number of para-hydroxylation sites is 2. The number of imidazole rings is 1. The zero-order chi connectivity index (χ0) is 52.5. The van der Waals surface area contributed by atoms with Gasteiger partial charge in [-0.25, -0.2) is 4.98 Å². The van der Waals surface area contributed by atoms with Crippen molar-refractivity contribution in [2.75, 3.05) is 0 Å². The van der Waals surface area contributed by atoms with Gasteiger partial charge in [0.25, 0.3) is 6.33 Å². The molecule has 0 fully saturated rings. The molecule has 0 aliphatic heterocycles. The number of ether oxygens (including phenoxy) is 1. The molecule has 0 atom stereocenters. The molecule has 66 heavy (non-hydrogen) atoms. The number of halogens is 1. The van der Waals surface area contributed by atoms with Crippen LogP contribution in [0, 0.1) is 18.5 Å². The molecule has 0 spiro atoms. The van der Waals surface area contributed by atoms with Crippen molar-refractivity contribution in [2.45, 2.75) is 26.2 Å². The summed E-state index contributed by atoms with van der Waals surface area (Å²) in [5.74, 6) is 1.40. The van der Waals surface area contributed by atoms with Crippen LogP contribution in [0.4, 0.5) is 0 Å². The van der Waals surface area contributed by atoms with E-state index in [2.05, 4.69) is 45.3 Å². The van der Waals surface area contributed by atoms with Crippen molar-refractivity contribution in [3.8, 4) is 50.9 Å². The van der Waals surface area contributed by atoms with Gasteiger partial charge >= 0.3 is 0 Å². The van der Waals surface area contributed by atoms with Gasteiger partial charge in [-0.2, -0.15) is 18.2 Å². The molecule has 0 radical (unpaired) electrons. The van der Waals surface area contributed by atoms with Gasteiger partial charge < -0.3 is 18.3 Å². The number of aromatic nitrogens is 4. The second-order valence-corrected chi connectivity index (χ2v) is 17.1. The predicted octanol–water partition coefficient (Wildman–Crippen LogP) is 14.8. The Morgan fingerprint density at radius 1 is 0.667 bits per heavy atom. The summed E-state index contributed by atoms with van der Waals surface area (Å²) in [4.78, 5) is 4.80. The summed E-state index contributed by atoms with van der Waals surface area (Å²) in [6, 6.07) is 36.4. The van der Waals surface area contributed by atoms with Crippen LogP contribution in [0.25, 0.3) is 94.2 Å². The molecule has 0 aliphatic carbocycles. The van der Waals surface area contributed by atoms with Gasteiger partial charge in [0.2, 0.25) is 0 Å². The number of benzene rings is 8. The maximum Gasteiger partial charge on any atom is 0.268 e. The van der Waals surface area contributed by atoms with Crippen LogP contribution >= 0.6 is 11.6 Å². The molecular weight excluding hydrogens is 1020 g/mol. The fourth-order valence-electron chi connectivity index (χ4n) is 8.57. The first-order chi connectivity index (χ1) is 35.9. The van der Waals surface area contributed by atoms with Gasteiger partial charge in [-0.15, -0.1) is 29.7 Å². The van der Waals surface area contributed by atoms with E-state index < -0.39 is 60.4 Å². The van der Waals surface area contributed by atoms with Gasteiger partial charge in [-0.3, -0.25) is 4.57 Å². The minimum atomic E-state index is -0.590. The maximum absolute atomic E-state index is 9.15. The summed E-state index contributed by atoms with van der Waals surface area (Å²) < 4.78 is 107. The van der Waals surface area contributed by atoms with Gasteiger partial charge in [0, 0.05) is 60.1 Å². The van der Waals surface area contributed by atoms with Crippen molar-refractivity contribution < 1.29 is 48.5 Å². The number of nitrogens with zero attached hydrogens (tertiary/aromatic N) is 4. The van der Waals surface area contributed by atoms with Crippen molar-refractivity contribution in [3.05, 3.63) is 211 Å². The molecule has 0 saturated heterocycles. The molecule has 0 saturated carbocycles. The quantitative estimate of drug-likeness (QED) is 0.118. The van der Waals surface area contributed by atoms with E-state index in [1.165, 1.54) is 0 Å². The normalized spacial score (nSPS) is 13.9. The van der Waals surface area contributed by atoms with E-state index in [9.17, 15) is 0 Å². The average molecular weight is 1060 g/mol. The first kappa shape index (κ1) is 31.6. The maximum atomic E-state index is 9.15. The van der Waals surface area contributed by atoms with Gasteiger partial charge in [0.1, 0.15) is 17.0 Å². The Morgan fingerprint density at radius 2 is 1.39 bits per heavy atom. The van der Waals surface area contributed by atoms with Crippen LogP contribution in [0.2, 0.25) is 5.02 Å². The minimum Gasteiger partial charge on any atom is -0.510 e. The van der Waals surface area contributed by atoms with Crippen LogP contribution < -0.4 is 9.30 Å². The van der Waals surface area contributed by atoms with E-state index in [1.807, 2.05) is 77.4 Å². The van der Waals surface area contributed by atoms with Crippen molar-refractivity contribution >= 4 is 66.4 Å². The van der Waals surface area contributed by atoms with Crippen molar-refractivity contribution in [2.24, 2.45) is 0 Å². The summed E-state index contributed by atoms with van der Waals surface area (Å²) in [6.45, 7) is 6.46. The van der Waals surface area contributed by atoms with Crippen molar-refractivity contribution in [3.63, 3.8) is 0 Å². The number of furan rings is 1. The predicted molar refractivity (Wildman–Crippen MR) is 262 cm³/mol. The summed E-state index contributed by atoms with van der Waals surface area (Å²) in [5, 5.41) is 3.91.